The third-order valence-corrected chi connectivity index (χ3v) is 2.43. The maximum Gasteiger partial charge on any atom is 0.158 e. The fourth-order valence-electron chi connectivity index (χ4n) is 0.899. The number of hydrogen-bond donors (Lipinski definition) is 1. The molecule has 4 nitrogen and oxygen atoms in total. The summed E-state index contributed by atoms with van der Waals surface area (Å²) in [4.78, 5) is 8.05. The molecule has 0 radical (unpaired) electrons. The minimum absolute atomic E-state index is 0.162. The first kappa shape index (κ1) is 11.4. The van der Waals surface area contributed by atoms with E-state index in [-0.39, 0.29) is 5.41 Å². The van der Waals surface area contributed by atoms with Crippen LogP contribution in [0.3, 0.4) is 0 Å². The van der Waals surface area contributed by atoms with E-state index in [0.29, 0.717) is 17.6 Å². The number of hydrogen-bond acceptors (Lipinski definition) is 4. The number of nitriles is 1. The molecule has 1 aromatic rings. The molecular formula is C11H16N4. The summed E-state index contributed by atoms with van der Waals surface area (Å²) in [5.74, 6) is 0.705. The largest absolute Gasteiger partial charge is 0.366 e. The molecule has 0 aliphatic heterocycles. The Labute approximate surface area is 90.4 Å². The van der Waals surface area contributed by atoms with E-state index in [1.54, 1.807) is 6.20 Å². The summed E-state index contributed by atoms with van der Waals surface area (Å²) in [6.07, 6.45) is 3.05. The molecule has 0 spiro atoms. The lowest BCUT2D eigenvalue weighted by molar-refractivity contribution is 0.358. The molecular weight excluding hydrogens is 188 g/mol. The van der Waals surface area contributed by atoms with Gasteiger partial charge in [-0.1, -0.05) is 20.8 Å². The Balaban J connectivity index is 2.70. The lowest BCUT2D eigenvalue weighted by Crippen LogP contribution is -2.31. The molecule has 0 aliphatic carbocycles. The molecule has 0 aliphatic rings. The Morgan fingerprint density at radius 2 is 2.00 bits per heavy atom. The molecule has 80 valence electrons. The van der Waals surface area contributed by atoms with E-state index in [1.807, 2.05) is 6.07 Å². The fourth-order valence-corrected chi connectivity index (χ4v) is 0.899. The van der Waals surface area contributed by atoms with E-state index in [4.69, 9.17) is 5.26 Å². The van der Waals surface area contributed by atoms with Crippen molar-refractivity contribution in [2.75, 3.05) is 5.32 Å². The van der Waals surface area contributed by atoms with Gasteiger partial charge in [0.2, 0.25) is 0 Å². The van der Waals surface area contributed by atoms with Crippen molar-refractivity contribution in [2.24, 2.45) is 5.41 Å². The highest BCUT2D eigenvalue weighted by Gasteiger charge is 2.19. The Kier molecular flexibility index (Phi) is 3.25. The highest BCUT2D eigenvalue weighted by molar-refractivity contribution is 5.34. The zero-order valence-corrected chi connectivity index (χ0v) is 9.57. The highest BCUT2D eigenvalue weighted by Crippen LogP contribution is 2.21. The van der Waals surface area contributed by atoms with Crippen molar-refractivity contribution in [3.63, 3.8) is 0 Å². The molecule has 15 heavy (non-hydrogen) atoms. The van der Waals surface area contributed by atoms with Gasteiger partial charge < -0.3 is 5.32 Å². The summed E-state index contributed by atoms with van der Waals surface area (Å²) in [7, 11) is 0. The number of nitrogens with zero attached hydrogens (tertiary/aromatic N) is 3. The van der Waals surface area contributed by atoms with Crippen LogP contribution in [0.5, 0.6) is 0 Å². The number of nitrogens with one attached hydrogen (secondary N) is 1. The minimum Gasteiger partial charge on any atom is -0.366 e. The Hall–Kier alpha value is -1.63. The summed E-state index contributed by atoms with van der Waals surface area (Å²) in [5.41, 5.74) is 0.499. The van der Waals surface area contributed by atoms with Crippen LogP contribution in [-0.2, 0) is 0 Å². The van der Waals surface area contributed by atoms with E-state index in [1.165, 1.54) is 6.20 Å². The van der Waals surface area contributed by atoms with Crippen molar-refractivity contribution in [1.82, 2.24) is 9.97 Å². The smallest absolute Gasteiger partial charge is 0.158 e. The van der Waals surface area contributed by atoms with Crippen LogP contribution in [0.25, 0.3) is 0 Å². The van der Waals surface area contributed by atoms with E-state index < -0.39 is 0 Å². The van der Waals surface area contributed by atoms with Crippen LogP contribution in [-0.4, -0.2) is 16.0 Å². The zero-order chi connectivity index (χ0) is 11.5. The monoisotopic (exact) mass is 204 g/mol. The molecule has 1 atom stereocenters. The summed E-state index contributed by atoms with van der Waals surface area (Å²) in [6, 6.07) is 2.23. The quantitative estimate of drug-likeness (QED) is 0.802. The van der Waals surface area contributed by atoms with Crippen molar-refractivity contribution >= 4 is 5.82 Å². The normalized spacial score (nSPS) is 13.0. The average Bonchev–Trinajstić information content (AvgIpc) is 2.17. The Morgan fingerprint density at radius 3 is 2.40 bits per heavy atom. The first-order valence-corrected chi connectivity index (χ1v) is 4.92. The lowest BCUT2D eigenvalue weighted by Gasteiger charge is -2.28. The average molecular weight is 204 g/mol. The van der Waals surface area contributed by atoms with Gasteiger partial charge in [-0.2, -0.15) is 5.26 Å². The van der Waals surface area contributed by atoms with E-state index >= 15 is 0 Å². The zero-order valence-electron chi connectivity index (χ0n) is 9.57. The van der Waals surface area contributed by atoms with E-state index in [2.05, 4.69) is 43.0 Å². The van der Waals surface area contributed by atoms with E-state index in [9.17, 15) is 0 Å². The molecule has 1 unspecified atom stereocenters. The van der Waals surface area contributed by atoms with Crippen molar-refractivity contribution < 1.29 is 0 Å². The Morgan fingerprint density at radius 1 is 1.33 bits per heavy atom. The van der Waals surface area contributed by atoms with Gasteiger partial charge in [0.1, 0.15) is 11.9 Å². The van der Waals surface area contributed by atoms with Gasteiger partial charge >= 0.3 is 0 Å². The molecule has 0 amide bonds. The van der Waals surface area contributed by atoms with Crippen molar-refractivity contribution in [2.45, 2.75) is 33.7 Å². The predicted octanol–water partition coefficient (Wildman–Crippen LogP) is 2.19. The number of aromatic nitrogens is 2. The summed E-state index contributed by atoms with van der Waals surface area (Å²) < 4.78 is 0. The van der Waals surface area contributed by atoms with Crippen LogP contribution in [0.1, 0.15) is 33.4 Å². The predicted molar refractivity (Wildman–Crippen MR) is 59.3 cm³/mol. The number of anilines is 1. The third kappa shape index (κ3) is 3.21. The molecule has 4 heteroatoms. The van der Waals surface area contributed by atoms with Gasteiger partial charge in [-0.3, -0.25) is 0 Å². The molecule has 0 saturated heterocycles. The third-order valence-electron chi connectivity index (χ3n) is 2.43. The molecule has 0 aromatic carbocycles. The van der Waals surface area contributed by atoms with Crippen LogP contribution >= 0.6 is 0 Å². The maximum atomic E-state index is 8.57. The van der Waals surface area contributed by atoms with Crippen molar-refractivity contribution in [1.29, 1.82) is 5.26 Å². The molecule has 1 heterocycles. The van der Waals surface area contributed by atoms with Gasteiger partial charge in [-0.05, 0) is 12.3 Å². The molecule has 1 aromatic heterocycles. The minimum atomic E-state index is 0.162. The molecule has 0 fully saturated rings. The van der Waals surface area contributed by atoms with Crippen molar-refractivity contribution in [3.8, 4) is 6.07 Å². The standard InChI is InChI=1S/C11H16N4/c1-8(11(2,3)4)15-10-7-13-9(5-12)6-14-10/h6-8H,1-4H3,(H,14,15). The van der Waals surface area contributed by atoms with E-state index in [0.717, 1.165) is 0 Å². The maximum absolute atomic E-state index is 8.57. The van der Waals surface area contributed by atoms with Crippen LogP contribution in [0.4, 0.5) is 5.82 Å². The summed E-state index contributed by atoms with van der Waals surface area (Å²) in [5, 5.41) is 11.8. The first-order valence-electron chi connectivity index (χ1n) is 4.92. The molecule has 0 bridgehead atoms. The van der Waals surface area contributed by atoms with Crippen LogP contribution in [0.15, 0.2) is 12.4 Å². The van der Waals surface area contributed by atoms with Crippen LogP contribution in [0, 0.1) is 16.7 Å². The molecule has 0 saturated carbocycles. The summed E-state index contributed by atoms with van der Waals surface area (Å²) >= 11 is 0. The van der Waals surface area contributed by atoms with Crippen molar-refractivity contribution in [3.05, 3.63) is 18.1 Å². The second kappa shape index (κ2) is 4.26. The topological polar surface area (TPSA) is 61.6 Å². The SMILES string of the molecule is CC(Nc1cnc(C#N)cn1)C(C)(C)C. The fraction of sp³-hybridized carbons (Fsp3) is 0.545. The van der Waals surface area contributed by atoms with Gasteiger partial charge in [0.05, 0.1) is 12.4 Å². The van der Waals surface area contributed by atoms with Crippen LogP contribution in [0.2, 0.25) is 0 Å². The van der Waals surface area contributed by atoms with Gasteiger partial charge in [0.25, 0.3) is 0 Å². The second-order valence-corrected chi connectivity index (χ2v) is 4.63. The second-order valence-electron chi connectivity index (χ2n) is 4.63. The first-order chi connectivity index (χ1) is 6.93. The number of rotatable bonds is 2. The molecule has 1 N–H and O–H groups in total. The lowest BCUT2D eigenvalue weighted by atomic mass is 9.88. The van der Waals surface area contributed by atoms with Gasteiger partial charge in [-0.15, -0.1) is 0 Å². The van der Waals surface area contributed by atoms with Gasteiger partial charge in [0.15, 0.2) is 5.69 Å². The molecule has 1 rings (SSSR count). The Bertz CT molecular complexity index is 356. The van der Waals surface area contributed by atoms with Gasteiger partial charge in [0, 0.05) is 6.04 Å². The highest BCUT2D eigenvalue weighted by atomic mass is 15.0. The van der Waals surface area contributed by atoms with Crippen LogP contribution < -0.4 is 5.32 Å². The summed E-state index contributed by atoms with van der Waals surface area (Å²) in [6.45, 7) is 8.56. The van der Waals surface area contributed by atoms with Gasteiger partial charge in [-0.25, -0.2) is 9.97 Å².